The van der Waals surface area contributed by atoms with Crippen molar-refractivity contribution >= 4 is 23.2 Å². The van der Waals surface area contributed by atoms with E-state index < -0.39 is 0 Å². The second-order valence-electron chi connectivity index (χ2n) is 7.56. The molecule has 3 rings (SSSR count). The summed E-state index contributed by atoms with van der Waals surface area (Å²) >= 11 is 12.5. The lowest BCUT2D eigenvalue weighted by molar-refractivity contribution is 0.131. The van der Waals surface area contributed by atoms with Gasteiger partial charge in [-0.25, -0.2) is 0 Å². The van der Waals surface area contributed by atoms with Crippen LogP contribution < -0.4 is 21.3 Å². The molecule has 8 heteroatoms. The maximum Gasteiger partial charge on any atom is 0.108 e. The van der Waals surface area contributed by atoms with E-state index >= 15 is 0 Å². The van der Waals surface area contributed by atoms with Gasteiger partial charge < -0.3 is 16.0 Å². The lowest BCUT2D eigenvalue weighted by Crippen LogP contribution is -2.54. The molecule has 0 aliphatic carbocycles. The zero-order valence-corrected chi connectivity index (χ0v) is 19.0. The standard InChI is InChI=1S/C22H28Cl2N6/c1-14-15(2)29-22(18-7-6-17(23)11-19(18)24)30(3)21(14)27-10-4-9-26-20-8-5-16(12-25)13-28-20/h5-8,11,21-22,26-29H,4,9-10,13H2,1-3H3. The van der Waals surface area contributed by atoms with E-state index in [1.807, 2.05) is 24.3 Å². The average Bonchev–Trinajstić information content (AvgIpc) is 2.73. The predicted octanol–water partition coefficient (Wildman–Crippen LogP) is 3.61. The van der Waals surface area contributed by atoms with Crippen LogP contribution in [0, 0.1) is 11.3 Å². The van der Waals surface area contributed by atoms with Crippen LogP contribution in [0.3, 0.4) is 0 Å². The SMILES string of the molecule is CC1=C(C)C(NCCCNC2=CC=C(C#N)CN2)N(C)C(c2ccc(Cl)cc2Cl)N1. The number of likely N-dealkylation sites (N-methyl/N-ethyl adjacent to an activating group) is 1. The van der Waals surface area contributed by atoms with E-state index in [4.69, 9.17) is 28.5 Å². The van der Waals surface area contributed by atoms with Gasteiger partial charge in [-0.15, -0.1) is 0 Å². The summed E-state index contributed by atoms with van der Waals surface area (Å²) in [6.45, 7) is 6.51. The van der Waals surface area contributed by atoms with Crippen molar-refractivity contribution in [1.82, 2.24) is 26.2 Å². The molecule has 2 heterocycles. The van der Waals surface area contributed by atoms with Crippen molar-refractivity contribution in [3.8, 4) is 6.07 Å². The Hall–Kier alpha value is -2.17. The molecule has 160 valence electrons. The molecule has 0 saturated heterocycles. The van der Waals surface area contributed by atoms with E-state index in [0.717, 1.165) is 42.2 Å². The molecule has 6 nitrogen and oxygen atoms in total. The van der Waals surface area contributed by atoms with Gasteiger partial charge in [0, 0.05) is 33.4 Å². The van der Waals surface area contributed by atoms with Crippen LogP contribution in [0.4, 0.5) is 0 Å². The van der Waals surface area contributed by atoms with E-state index in [2.05, 4.69) is 53.1 Å². The first-order valence-electron chi connectivity index (χ1n) is 10.0. The molecule has 0 spiro atoms. The Kier molecular flexibility index (Phi) is 7.68. The quantitative estimate of drug-likeness (QED) is 0.479. The summed E-state index contributed by atoms with van der Waals surface area (Å²) < 4.78 is 0. The molecule has 0 aromatic heterocycles. The summed E-state index contributed by atoms with van der Waals surface area (Å²) in [7, 11) is 2.09. The summed E-state index contributed by atoms with van der Waals surface area (Å²) in [5.74, 6) is 0.956. The van der Waals surface area contributed by atoms with Crippen LogP contribution in [0.25, 0.3) is 0 Å². The number of dihydropyridines is 1. The van der Waals surface area contributed by atoms with E-state index in [1.54, 1.807) is 6.07 Å². The fourth-order valence-corrected chi connectivity index (χ4v) is 4.15. The monoisotopic (exact) mass is 446 g/mol. The largest absolute Gasteiger partial charge is 0.372 e. The Morgan fingerprint density at radius 3 is 2.70 bits per heavy atom. The Bertz CT molecular complexity index is 915. The second kappa shape index (κ2) is 10.2. The smallest absolute Gasteiger partial charge is 0.108 e. The van der Waals surface area contributed by atoms with Crippen molar-refractivity contribution in [3.05, 3.63) is 68.6 Å². The van der Waals surface area contributed by atoms with Crippen molar-refractivity contribution in [1.29, 1.82) is 5.26 Å². The maximum absolute atomic E-state index is 8.89. The predicted molar refractivity (Wildman–Crippen MR) is 123 cm³/mol. The van der Waals surface area contributed by atoms with Gasteiger partial charge in [0.2, 0.25) is 0 Å². The van der Waals surface area contributed by atoms with Crippen molar-refractivity contribution in [3.63, 3.8) is 0 Å². The van der Waals surface area contributed by atoms with Crippen LogP contribution in [0.5, 0.6) is 0 Å². The first kappa shape index (κ1) is 22.5. The van der Waals surface area contributed by atoms with E-state index in [-0.39, 0.29) is 12.3 Å². The lowest BCUT2D eigenvalue weighted by atomic mass is 10.0. The Morgan fingerprint density at radius 2 is 2.03 bits per heavy atom. The molecule has 2 atom stereocenters. The third-order valence-corrected chi connectivity index (χ3v) is 6.06. The van der Waals surface area contributed by atoms with Gasteiger partial charge in [0.1, 0.15) is 6.17 Å². The molecule has 1 aromatic carbocycles. The molecule has 0 fully saturated rings. The number of nitrogens with zero attached hydrogens (tertiary/aromatic N) is 2. The zero-order valence-electron chi connectivity index (χ0n) is 17.5. The molecule has 2 aliphatic heterocycles. The number of rotatable bonds is 7. The molecular formula is C22H28Cl2N6. The number of nitrogens with one attached hydrogen (secondary N) is 4. The number of hydrogen-bond acceptors (Lipinski definition) is 6. The third kappa shape index (κ3) is 5.30. The molecular weight excluding hydrogens is 419 g/mol. The number of halogens is 2. The van der Waals surface area contributed by atoms with Gasteiger partial charge >= 0.3 is 0 Å². The Balaban J connectivity index is 1.56. The van der Waals surface area contributed by atoms with Gasteiger partial charge in [-0.2, -0.15) is 5.26 Å². The van der Waals surface area contributed by atoms with Crippen LogP contribution in [0.2, 0.25) is 10.0 Å². The van der Waals surface area contributed by atoms with Crippen molar-refractivity contribution < 1.29 is 0 Å². The van der Waals surface area contributed by atoms with Crippen molar-refractivity contribution in [2.24, 2.45) is 0 Å². The highest BCUT2D eigenvalue weighted by Gasteiger charge is 2.31. The van der Waals surface area contributed by atoms with Gasteiger partial charge in [0.05, 0.1) is 24.6 Å². The number of nitriles is 1. The van der Waals surface area contributed by atoms with Crippen LogP contribution in [0.1, 0.15) is 32.0 Å². The average molecular weight is 447 g/mol. The van der Waals surface area contributed by atoms with Crippen molar-refractivity contribution in [2.45, 2.75) is 32.6 Å². The summed E-state index contributed by atoms with van der Waals surface area (Å²) in [5.41, 5.74) is 4.15. The summed E-state index contributed by atoms with van der Waals surface area (Å²) in [5, 5.41) is 24.0. The minimum atomic E-state index is -0.0354. The molecule has 0 bridgehead atoms. The van der Waals surface area contributed by atoms with Gasteiger partial charge in [0.15, 0.2) is 0 Å². The molecule has 4 N–H and O–H groups in total. The van der Waals surface area contributed by atoms with Crippen LogP contribution in [-0.2, 0) is 0 Å². The summed E-state index contributed by atoms with van der Waals surface area (Å²) in [6.07, 6.45) is 4.79. The fourth-order valence-electron chi connectivity index (χ4n) is 3.64. The van der Waals surface area contributed by atoms with E-state index in [0.29, 0.717) is 16.6 Å². The topological polar surface area (TPSA) is 75.1 Å². The summed E-state index contributed by atoms with van der Waals surface area (Å²) in [6, 6.07) is 7.79. The highest BCUT2D eigenvalue weighted by molar-refractivity contribution is 6.35. The fraction of sp³-hybridized carbons (Fsp3) is 0.409. The molecule has 2 unspecified atom stereocenters. The highest BCUT2D eigenvalue weighted by atomic mass is 35.5. The normalized spacial score (nSPS) is 21.9. The molecule has 0 radical (unpaired) electrons. The first-order valence-corrected chi connectivity index (χ1v) is 10.8. The Labute approximate surface area is 188 Å². The van der Waals surface area contributed by atoms with Crippen molar-refractivity contribution in [2.75, 3.05) is 26.7 Å². The number of allylic oxidation sites excluding steroid dienone is 3. The lowest BCUT2D eigenvalue weighted by Gasteiger charge is -2.42. The first-order chi connectivity index (χ1) is 14.4. The zero-order chi connectivity index (χ0) is 21.7. The van der Waals surface area contributed by atoms with Crippen LogP contribution >= 0.6 is 23.2 Å². The minimum Gasteiger partial charge on any atom is -0.372 e. The van der Waals surface area contributed by atoms with Gasteiger partial charge in [-0.1, -0.05) is 29.3 Å². The van der Waals surface area contributed by atoms with Crippen LogP contribution in [0.15, 0.2) is 53.0 Å². The van der Waals surface area contributed by atoms with Crippen LogP contribution in [-0.4, -0.2) is 37.7 Å². The molecule has 0 amide bonds. The van der Waals surface area contributed by atoms with Gasteiger partial charge in [-0.05, 0) is 63.7 Å². The molecule has 0 saturated carbocycles. The Morgan fingerprint density at radius 1 is 1.23 bits per heavy atom. The molecule has 2 aliphatic rings. The third-order valence-electron chi connectivity index (χ3n) is 5.50. The highest BCUT2D eigenvalue weighted by Crippen LogP contribution is 2.33. The van der Waals surface area contributed by atoms with E-state index in [1.165, 1.54) is 5.57 Å². The maximum atomic E-state index is 8.89. The molecule has 30 heavy (non-hydrogen) atoms. The number of benzene rings is 1. The number of hydrogen-bond donors (Lipinski definition) is 4. The van der Waals surface area contributed by atoms with E-state index in [9.17, 15) is 0 Å². The van der Waals surface area contributed by atoms with Gasteiger partial charge in [0.25, 0.3) is 0 Å². The van der Waals surface area contributed by atoms with Gasteiger partial charge in [-0.3, -0.25) is 10.2 Å². The second-order valence-corrected chi connectivity index (χ2v) is 8.40. The molecule has 1 aromatic rings. The minimum absolute atomic E-state index is 0.0354. The summed E-state index contributed by atoms with van der Waals surface area (Å²) in [4.78, 5) is 2.25.